The monoisotopic (exact) mass is 772 g/mol. The summed E-state index contributed by atoms with van der Waals surface area (Å²) in [7, 11) is 0. The lowest BCUT2D eigenvalue weighted by molar-refractivity contribution is 1.07. The van der Waals surface area contributed by atoms with E-state index >= 15 is 0 Å². The van der Waals surface area contributed by atoms with E-state index in [1.165, 1.54) is 5.56 Å². The molecular formula is C52H32N6S. The molecule has 0 amide bonds. The van der Waals surface area contributed by atoms with Crippen molar-refractivity contribution in [2.45, 2.75) is 0 Å². The van der Waals surface area contributed by atoms with Gasteiger partial charge in [-0.15, -0.1) is 11.3 Å². The topological polar surface area (TPSA) is 77.3 Å². The lowest BCUT2D eigenvalue weighted by Crippen LogP contribution is -2.00. The molecule has 0 aliphatic carbocycles. The Kier molecular flexibility index (Phi) is 8.56. The number of aromatic nitrogens is 6. The van der Waals surface area contributed by atoms with Crippen LogP contribution in [0, 0.1) is 0 Å². The molecule has 11 rings (SSSR count). The van der Waals surface area contributed by atoms with Gasteiger partial charge in [0, 0.05) is 28.5 Å². The highest BCUT2D eigenvalue weighted by molar-refractivity contribution is 7.25. The highest BCUT2D eigenvalue weighted by atomic mass is 32.1. The van der Waals surface area contributed by atoms with Crippen molar-refractivity contribution in [2.24, 2.45) is 0 Å². The summed E-state index contributed by atoms with van der Waals surface area (Å²) in [6.45, 7) is 0. The number of benzene rings is 7. The van der Waals surface area contributed by atoms with Gasteiger partial charge in [0.25, 0.3) is 0 Å². The molecule has 0 aliphatic heterocycles. The summed E-state index contributed by atoms with van der Waals surface area (Å²) in [5.74, 6) is 1.90. The Bertz CT molecular complexity index is 3290. The Labute approximate surface area is 344 Å². The van der Waals surface area contributed by atoms with Crippen molar-refractivity contribution in [1.29, 1.82) is 0 Å². The highest BCUT2D eigenvalue weighted by Gasteiger charge is 2.16. The van der Waals surface area contributed by atoms with Crippen molar-refractivity contribution < 1.29 is 0 Å². The quantitative estimate of drug-likeness (QED) is 0.161. The second kappa shape index (κ2) is 14.6. The predicted octanol–water partition coefficient (Wildman–Crippen LogP) is 13.2. The largest absolute Gasteiger partial charge is 0.253 e. The highest BCUT2D eigenvalue weighted by Crippen LogP contribution is 2.39. The van der Waals surface area contributed by atoms with Crippen LogP contribution in [0.15, 0.2) is 194 Å². The molecule has 4 aromatic heterocycles. The van der Waals surface area contributed by atoms with Crippen LogP contribution < -0.4 is 0 Å². The Morgan fingerprint density at radius 2 is 0.729 bits per heavy atom. The Morgan fingerprint density at radius 3 is 1.31 bits per heavy atom. The number of thiophene rings is 1. The minimum absolute atomic E-state index is 0.629. The molecule has 7 aromatic carbocycles. The van der Waals surface area contributed by atoms with Crippen LogP contribution in [0.2, 0.25) is 0 Å². The van der Waals surface area contributed by atoms with E-state index < -0.39 is 0 Å². The number of pyridine rings is 1. The first-order chi connectivity index (χ1) is 29.2. The summed E-state index contributed by atoms with van der Waals surface area (Å²) >= 11 is 1.65. The van der Waals surface area contributed by atoms with E-state index in [-0.39, 0.29) is 0 Å². The summed E-state index contributed by atoms with van der Waals surface area (Å²) in [5, 5.41) is 0. The summed E-state index contributed by atoms with van der Waals surface area (Å²) in [5.41, 5.74) is 15.4. The second-order valence-corrected chi connectivity index (χ2v) is 15.4. The molecule has 0 saturated heterocycles. The van der Waals surface area contributed by atoms with E-state index in [1.54, 1.807) is 11.3 Å². The number of para-hydroxylation sites is 2. The van der Waals surface area contributed by atoms with Crippen molar-refractivity contribution in [2.75, 3.05) is 0 Å². The average Bonchev–Trinajstić information content (AvgIpc) is 3.69. The lowest BCUT2D eigenvalue weighted by atomic mass is 9.97. The fourth-order valence-electron chi connectivity index (χ4n) is 7.58. The predicted molar refractivity (Wildman–Crippen MR) is 242 cm³/mol. The number of rotatable bonds is 7. The van der Waals surface area contributed by atoms with E-state index in [1.807, 2.05) is 66.9 Å². The zero-order valence-electron chi connectivity index (χ0n) is 31.6. The van der Waals surface area contributed by atoms with Crippen LogP contribution in [0.25, 0.3) is 110 Å². The van der Waals surface area contributed by atoms with Crippen molar-refractivity contribution in [1.82, 2.24) is 29.9 Å². The SMILES string of the molecule is c1ccc(-c2ccc(-c3nc(-c4ccccc4)nc(-c4ccc(-c5cccc(-c6ccc(-c7ccnc8c7sc7nc9ccccc9nc78)cc6)c5)cc4)n3)cc2)cc1. The summed E-state index contributed by atoms with van der Waals surface area (Å²) in [6, 6.07) is 64.9. The molecule has 11 aromatic rings. The van der Waals surface area contributed by atoms with Crippen LogP contribution in [0.1, 0.15) is 0 Å². The minimum atomic E-state index is 0.629. The molecule has 276 valence electrons. The maximum atomic E-state index is 4.99. The van der Waals surface area contributed by atoms with Gasteiger partial charge in [0.2, 0.25) is 0 Å². The molecule has 0 unspecified atom stereocenters. The lowest BCUT2D eigenvalue weighted by Gasteiger charge is -2.10. The zero-order chi connectivity index (χ0) is 39.1. The first kappa shape index (κ1) is 34.5. The second-order valence-electron chi connectivity index (χ2n) is 14.4. The van der Waals surface area contributed by atoms with Crippen molar-refractivity contribution in [3.05, 3.63) is 194 Å². The van der Waals surface area contributed by atoms with Crippen LogP contribution in [0.4, 0.5) is 0 Å². The van der Waals surface area contributed by atoms with Crippen LogP contribution >= 0.6 is 11.3 Å². The van der Waals surface area contributed by atoms with Gasteiger partial charge in [-0.25, -0.2) is 24.9 Å². The number of nitrogens with zero attached hydrogens (tertiary/aromatic N) is 6. The van der Waals surface area contributed by atoms with Gasteiger partial charge >= 0.3 is 0 Å². The Morgan fingerprint density at radius 1 is 0.305 bits per heavy atom. The molecule has 4 heterocycles. The fraction of sp³-hybridized carbons (Fsp3) is 0. The Hall–Kier alpha value is -7.74. The third-order valence-electron chi connectivity index (χ3n) is 10.7. The first-order valence-electron chi connectivity index (χ1n) is 19.4. The van der Waals surface area contributed by atoms with Crippen molar-refractivity contribution >= 4 is 42.9 Å². The number of hydrogen-bond acceptors (Lipinski definition) is 7. The van der Waals surface area contributed by atoms with E-state index in [9.17, 15) is 0 Å². The average molecular weight is 773 g/mol. The molecule has 0 fully saturated rings. The molecule has 0 radical (unpaired) electrons. The van der Waals surface area contributed by atoms with Gasteiger partial charge in [-0.1, -0.05) is 164 Å². The maximum absolute atomic E-state index is 4.99. The molecule has 59 heavy (non-hydrogen) atoms. The molecule has 0 aliphatic rings. The van der Waals surface area contributed by atoms with Crippen molar-refractivity contribution in [3.63, 3.8) is 0 Å². The van der Waals surface area contributed by atoms with Gasteiger partial charge in [0.1, 0.15) is 15.9 Å². The smallest absolute Gasteiger partial charge is 0.164 e. The normalized spacial score (nSPS) is 11.4. The zero-order valence-corrected chi connectivity index (χ0v) is 32.4. The third-order valence-corrected chi connectivity index (χ3v) is 11.7. The molecule has 0 atom stereocenters. The fourth-order valence-corrected chi connectivity index (χ4v) is 8.70. The Balaban J connectivity index is 0.882. The van der Waals surface area contributed by atoms with E-state index in [0.29, 0.717) is 17.5 Å². The summed E-state index contributed by atoms with van der Waals surface area (Å²) < 4.78 is 1.10. The molecule has 6 nitrogen and oxygen atoms in total. The molecule has 7 heteroatoms. The van der Waals surface area contributed by atoms with Gasteiger partial charge in [-0.05, 0) is 63.2 Å². The van der Waals surface area contributed by atoms with Gasteiger partial charge in [0.05, 0.1) is 15.7 Å². The molecular weight excluding hydrogens is 741 g/mol. The van der Waals surface area contributed by atoms with Gasteiger partial charge in [-0.3, -0.25) is 4.98 Å². The van der Waals surface area contributed by atoms with Crippen molar-refractivity contribution in [3.8, 4) is 78.7 Å². The molecule has 0 N–H and O–H groups in total. The van der Waals surface area contributed by atoms with E-state index in [4.69, 9.17) is 29.9 Å². The van der Waals surface area contributed by atoms with Gasteiger partial charge in [0.15, 0.2) is 17.5 Å². The van der Waals surface area contributed by atoms with Gasteiger partial charge in [-0.2, -0.15) is 0 Å². The summed E-state index contributed by atoms with van der Waals surface area (Å²) in [6.07, 6.45) is 1.87. The van der Waals surface area contributed by atoms with Crippen LogP contribution in [0.3, 0.4) is 0 Å². The summed E-state index contributed by atoms with van der Waals surface area (Å²) in [4.78, 5) is 30.3. The first-order valence-corrected chi connectivity index (χ1v) is 20.2. The van der Waals surface area contributed by atoms with Crippen LogP contribution in [0.5, 0.6) is 0 Å². The minimum Gasteiger partial charge on any atom is -0.253 e. The van der Waals surface area contributed by atoms with E-state index in [0.717, 1.165) is 87.2 Å². The van der Waals surface area contributed by atoms with Gasteiger partial charge < -0.3 is 0 Å². The third kappa shape index (κ3) is 6.59. The van der Waals surface area contributed by atoms with E-state index in [2.05, 4.69) is 127 Å². The molecule has 0 spiro atoms. The number of hydrogen-bond donors (Lipinski definition) is 0. The molecule has 0 saturated carbocycles. The standard InChI is InChI=1S/C52H32N6S/c1-3-10-33(11-4-1)34-20-26-39(27-21-34)50-56-49(38-12-5-2-6-13-38)57-51(58-50)40-28-22-36(23-29-40)42-15-9-14-41(32-42)35-18-24-37(25-19-35)43-30-31-53-46-47-52(59-48(43)46)55-45-17-8-7-16-44(45)54-47/h1-32H. The maximum Gasteiger partial charge on any atom is 0.164 e. The molecule has 0 bridgehead atoms. The van der Waals surface area contributed by atoms with Crippen LogP contribution in [-0.2, 0) is 0 Å². The van der Waals surface area contributed by atoms with Crippen LogP contribution in [-0.4, -0.2) is 29.9 Å². The number of fused-ring (bicyclic) bond motifs is 4.